The van der Waals surface area contributed by atoms with Gasteiger partial charge in [-0.2, -0.15) is 0 Å². The Hall–Kier alpha value is -0.460. The number of morpholine rings is 1. The standard InChI is InChI=1S/C18H28N2O2S/c1-2-8-19(7-1)9-11-21-17-6-5-16-18(17)22-12-10-20(16)14-15-4-3-13-23-15/h3-4,13,16-18H,1-2,5-12,14H2/t16-,17+,18+/m0/s1. The quantitative estimate of drug-likeness (QED) is 0.797. The molecule has 0 bridgehead atoms. The highest BCUT2D eigenvalue weighted by atomic mass is 32.1. The number of thiophene rings is 1. The van der Waals surface area contributed by atoms with Gasteiger partial charge in [0.25, 0.3) is 0 Å². The summed E-state index contributed by atoms with van der Waals surface area (Å²) in [6.07, 6.45) is 5.65. The fourth-order valence-electron chi connectivity index (χ4n) is 4.31. The summed E-state index contributed by atoms with van der Waals surface area (Å²) in [4.78, 5) is 6.60. The van der Waals surface area contributed by atoms with Gasteiger partial charge in [-0.25, -0.2) is 0 Å². The molecule has 0 radical (unpaired) electrons. The van der Waals surface area contributed by atoms with Crippen LogP contribution < -0.4 is 0 Å². The molecule has 4 rings (SSSR count). The normalized spacial score (nSPS) is 32.4. The van der Waals surface area contributed by atoms with Crippen molar-refractivity contribution >= 4 is 11.3 Å². The molecular formula is C18H28N2O2S. The van der Waals surface area contributed by atoms with Crippen LogP contribution in [0.5, 0.6) is 0 Å². The molecule has 0 amide bonds. The van der Waals surface area contributed by atoms with E-state index >= 15 is 0 Å². The third-order valence-electron chi connectivity index (χ3n) is 5.53. The van der Waals surface area contributed by atoms with Crippen molar-refractivity contribution < 1.29 is 9.47 Å². The van der Waals surface area contributed by atoms with Crippen molar-refractivity contribution in [2.45, 2.75) is 50.5 Å². The lowest BCUT2D eigenvalue weighted by atomic mass is 10.1. The summed E-state index contributed by atoms with van der Waals surface area (Å²) in [6, 6.07) is 4.94. The fourth-order valence-corrected chi connectivity index (χ4v) is 5.04. The predicted molar refractivity (Wildman–Crippen MR) is 92.9 cm³/mol. The number of ether oxygens (including phenoxy) is 2. The first-order valence-electron chi connectivity index (χ1n) is 9.12. The van der Waals surface area contributed by atoms with Gasteiger partial charge in [0.05, 0.1) is 25.4 Å². The summed E-state index contributed by atoms with van der Waals surface area (Å²) in [5.41, 5.74) is 0. The monoisotopic (exact) mass is 336 g/mol. The van der Waals surface area contributed by atoms with Gasteiger partial charge in [-0.1, -0.05) is 6.07 Å². The lowest BCUT2D eigenvalue weighted by Gasteiger charge is -2.39. The zero-order valence-corrected chi connectivity index (χ0v) is 14.7. The highest BCUT2D eigenvalue weighted by Crippen LogP contribution is 2.33. The van der Waals surface area contributed by atoms with E-state index in [2.05, 4.69) is 27.3 Å². The van der Waals surface area contributed by atoms with Gasteiger partial charge in [0.2, 0.25) is 0 Å². The van der Waals surface area contributed by atoms with Crippen LogP contribution in [0.15, 0.2) is 17.5 Å². The van der Waals surface area contributed by atoms with Crippen molar-refractivity contribution in [1.29, 1.82) is 0 Å². The molecule has 3 atom stereocenters. The van der Waals surface area contributed by atoms with E-state index in [1.165, 1.54) is 37.2 Å². The Morgan fingerprint density at radius 1 is 1.22 bits per heavy atom. The van der Waals surface area contributed by atoms with E-state index in [-0.39, 0.29) is 6.10 Å². The summed E-state index contributed by atoms with van der Waals surface area (Å²) in [5, 5.41) is 2.17. The average Bonchev–Trinajstić information content (AvgIpc) is 3.30. The highest BCUT2D eigenvalue weighted by molar-refractivity contribution is 7.09. The summed E-state index contributed by atoms with van der Waals surface area (Å²) in [6.45, 7) is 7.44. The van der Waals surface area contributed by atoms with Crippen LogP contribution in [0.3, 0.4) is 0 Å². The van der Waals surface area contributed by atoms with Crippen molar-refractivity contribution in [1.82, 2.24) is 9.80 Å². The maximum Gasteiger partial charge on any atom is 0.0992 e. The van der Waals surface area contributed by atoms with Crippen molar-refractivity contribution in [3.8, 4) is 0 Å². The second-order valence-electron chi connectivity index (χ2n) is 6.99. The van der Waals surface area contributed by atoms with Crippen LogP contribution in [-0.4, -0.2) is 67.4 Å². The van der Waals surface area contributed by atoms with Crippen molar-refractivity contribution in [3.63, 3.8) is 0 Å². The minimum atomic E-state index is 0.280. The molecule has 0 unspecified atom stereocenters. The molecule has 1 aliphatic carbocycles. The number of fused-ring (bicyclic) bond motifs is 1. The maximum atomic E-state index is 6.23. The number of hydrogen-bond donors (Lipinski definition) is 0. The van der Waals surface area contributed by atoms with E-state index in [1.807, 2.05) is 11.3 Å². The lowest BCUT2D eigenvalue weighted by molar-refractivity contribution is -0.116. The molecule has 3 fully saturated rings. The summed E-state index contributed by atoms with van der Waals surface area (Å²) >= 11 is 1.86. The Morgan fingerprint density at radius 2 is 2.13 bits per heavy atom. The van der Waals surface area contributed by atoms with Crippen LogP contribution in [0, 0.1) is 0 Å². The summed E-state index contributed by atoms with van der Waals surface area (Å²) in [7, 11) is 0. The van der Waals surface area contributed by atoms with E-state index in [1.54, 1.807) is 0 Å². The Kier molecular flexibility index (Phi) is 5.31. The minimum absolute atomic E-state index is 0.280. The molecule has 2 aliphatic heterocycles. The molecule has 0 spiro atoms. The number of nitrogens with zero attached hydrogens (tertiary/aromatic N) is 2. The highest BCUT2D eigenvalue weighted by Gasteiger charge is 2.43. The van der Waals surface area contributed by atoms with Gasteiger partial charge in [-0.3, -0.25) is 4.90 Å². The van der Waals surface area contributed by atoms with Crippen LogP contribution >= 0.6 is 11.3 Å². The molecule has 0 N–H and O–H groups in total. The van der Waals surface area contributed by atoms with Crippen LogP contribution in [0.25, 0.3) is 0 Å². The third kappa shape index (κ3) is 3.80. The maximum absolute atomic E-state index is 6.23. The van der Waals surface area contributed by atoms with Gasteiger partial charge in [0.1, 0.15) is 0 Å². The number of likely N-dealkylation sites (tertiary alicyclic amines) is 1. The SMILES string of the molecule is c1csc(CN2CCO[C@H]3[C@H](OCCN4CCCC4)CC[C@@H]32)c1. The van der Waals surface area contributed by atoms with E-state index in [0.29, 0.717) is 12.1 Å². The molecule has 3 heterocycles. The van der Waals surface area contributed by atoms with Gasteiger partial charge in [-0.15, -0.1) is 11.3 Å². The van der Waals surface area contributed by atoms with Crippen LogP contribution in [0.1, 0.15) is 30.6 Å². The summed E-state index contributed by atoms with van der Waals surface area (Å²) in [5.74, 6) is 0. The Balaban J connectivity index is 1.28. The first-order valence-corrected chi connectivity index (χ1v) is 10.00. The minimum Gasteiger partial charge on any atom is -0.374 e. The first-order chi connectivity index (χ1) is 11.4. The second-order valence-corrected chi connectivity index (χ2v) is 8.02. The number of rotatable bonds is 6. The van der Waals surface area contributed by atoms with E-state index in [0.717, 1.165) is 39.3 Å². The Morgan fingerprint density at radius 3 is 2.96 bits per heavy atom. The smallest absolute Gasteiger partial charge is 0.0992 e. The zero-order valence-electron chi connectivity index (χ0n) is 13.9. The first kappa shape index (κ1) is 16.0. The lowest BCUT2D eigenvalue weighted by Crippen LogP contribution is -2.51. The van der Waals surface area contributed by atoms with Crippen LogP contribution in [-0.2, 0) is 16.0 Å². The molecule has 128 valence electrons. The molecule has 2 saturated heterocycles. The summed E-state index contributed by atoms with van der Waals surface area (Å²) < 4.78 is 12.3. The molecule has 23 heavy (non-hydrogen) atoms. The molecule has 1 aromatic heterocycles. The molecule has 1 saturated carbocycles. The van der Waals surface area contributed by atoms with E-state index in [4.69, 9.17) is 9.47 Å². The largest absolute Gasteiger partial charge is 0.374 e. The Labute approximate surface area is 143 Å². The zero-order chi connectivity index (χ0) is 15.5. The van der Waals surface area contributed by atoms with Crippen molar-refractivity contribution in [2.75, 3.05) is 39.4 Å². The molecule has 1 aromatic rings. The molecule has 3 aliphatic rings. The predicted octanol–water partition coefficient (Wildman–Crippen LogP) is 2.59. The third-order valence-corrected chi connectivity index (χ3v) is 6.39. The van der Waals surface area contributed by atoms with Crippen molar-refractivity contribution in [2.24, 2.45) is 0 Å². The van der Waals surface area contributed by atoms with Gasteiger partial charge >= 0.3 is 0 Å². The van der Waals surface area contributed by atoms with E-state index in [9.17, 15) is 0 Å². The molecule has 0 aromatic carbocycles. The van der Waals surface area contributed by atoms with E-state index < -0.39 is 0 Å². The van der Waals surface area contributed by atoms with Crippen LogP contribution in [0.2, 0.25) is 0 Å². The molecular weight excluding hydrogens is 308 g/mol. The second kappa shape index (κ2) is 7.62. The van der Waals surface area contributed by atoms with Gasteiger partial charge in [0, 0.05) is 30.6 Å². The van der Waals surface area contributed by atoms with Gasteiger partial charge < -0.3 is 14.4 Å². The van der Waals surface area contributed by atoms with Gasteiger partial charge in [-0.05, 0) is 50.2 Å². The van der Waals surface area contributed by atoms with Crippen molar-refractivity contribution in [3.05, 3.63) is 22.4 Å². The topological polar surface area (TPSA) is 24.9 Å². The van der Waals surface area contributed by atoms with Gasteiger partial charge in [0.15, 0.2) is 0 Å². The molecule has 5 heteroatoms. The number of hydrogen-bond acceptors (Lipinski definition) is 5. The molecule has 4 nitrogen and oxygen atoms in total. The average molecular weight is 337 g/mol. The fraction of sp³-hybridized carbons (Fsp3) is 0.778. The Bertz CT molecular complexity index is 475. The van der Waals surface area contributed by atoms with Crippen LogP contribution in [0.4, 0.5) is 0 Å².